The molecule has 2 heterocycles. The van der Waals surface area contributed by atoms with Crippen molar-refractivity contribution in [2.24, 2.45) is 11.8 Å². The number of hydrogen-bond acceptors (Lipinski definition) is 4. The van der Waals surface area contributed by atoms with Crippen molar-refractivity contribution < 1.29 is 24.2 Å². The van der Waals surface area contributed by atoms with Crippen molar-refractivity contribution in [3.63, 3.8) is 0 Å². The Morgan fingerprint density at radius 2 is 1.92 bits per heavy atom. The van der Waals surface area contributed by atoms with Crippen molar-refractivity contribution in [2.75, 3.05) is 26.4 Å². The zero-order chi connectivity index (χ0) is 16.9. The van der Waals surface area contributed by atoms with E-state index in [1.807, 2.05) is 24.3 Å². The lowest BCUT2D eigenvalue weighted by Gasteiger charge is -2.29. The Kier molecular flexibility index (Phi) is 5.35. The first-order valence-corrected chi connectivity index (χ1v) is 8.47. The third-order valence-corrected chi connectivity index (χ3v) is 4.92. The number of ether oxygens (including phenoxy) is 2. The van der Waals surface area contributed by atoms with Crippen LogP contribution in [0.4, 0.5) is 0 Å². The number of aliphatic carboxylic acids is 1. The van der Waals surface area contributed by atoms with Gasteiger partial charge in [0, 0.05) is 25.3 Å². The Morgan fingerprint density at radius 1 is 1.17 bits per heavy atom. The van der Waals surface area contributed by atoms with Crippen LogP contribution >= 0.6 is 0 Å². The van der Waals surface area contributed by atoms with Crippen molar-refractivity contribution >= 4 is 11.9 Å². The molecule has 2 atom stereocenters. The summed E-state index contributed by atoms with van der Waals surface area (Å²) in [4.78, 5) is 24.2. The number of carboxylic acids is 1. The van der Waals surface area contributed by atoms with E-state index in [2.05, 4.69) is 5.32 Å². The fourth-order valence-corrected chi connectivity index (χ4v) is 3.52. The van der Waals surface area contributed by atoms with Gasteiger partial charge in [0.25, 0.3) is 0 Å². The van der Waals surface area contributed by atoms with Gasteiger partial charge >= 0.3 is 5.97 Å². The van der Waals surface area contributed by atoms with E-state index in [0.717, 1.165) is 24.2 Å². The highest BCUT2D eigenvalue weighted by molar-refractivity contribution is 5.85. The molecule has 2 unspecified atom stereocenters. The highest BCUT2D eigenvalue weighted by Gasteiger charge is 2.32. The topological polar surface area (TPSA) is 84.9 Å². The molecule has 1 aromatic carbocycles. The Bertz CT molecular complexity index is 597. The third-order valence-electron chi connectivity index (χ3n) is 4.92. The molecule has 24 heavy (non-hydrogen) atoms. The summed E-state index contributed by atoms with van der Waals surface area (Å²) >= 11 is 0. The van der Waals surface area contributed by atoms with Crippen LogP contribution in [0, 0.1) is 11.8 Å². The van der Waals surface area contributed by atoms with Gasteiger partial charge in [0.05, 0.1) is 18.4 Å². The van der Waals surface area contributed by atoms with Crippen LogP contribution in [0.5, 0.6) is 5.75 Å². The zero-order valence-electron chi connectivity index (χ0n) is 13.6. The molecular formula is C18H23NO5. The minimum absolute atomic E-state index is 0.0542. The molecule has 1 fully saturated rings. The van der Waals surface area contributed by atoms with Gasteiger partial charge in [-0.1, -0.05) is 18.2 Å². The minimum Gasteiger partial charge on any atom is -0.493 e. The van der Waals surface area contributed by atoms with Crippen LogP contribution in [0.25, 0.3) is 0 Å². The minimum atomic E-state index is -0.852. The molecule has 0 saturated carbocycles. The molecule has 2 aliphatic rings. The first-order chi connectivity index (χ1) is 11.7. The molecule has 0 aliphatic carbocycles. The number of carboxylic acid groups (broad SMARTS) is 1. The summed E-state index contributed by atoms with van der Waals surface area (Å²) in [6.07, 6.45) is 2.07. The number of para-hydroxylation sites is 1. The molecule has 0 bridgehead atoms. The lowest BCUT2D eigenvalue weighted by molar-refractivity contribution is -0.145. The summed E-state index contributed by atoms with van der Waals surface area (Å²) < 4.78 is 10.9. The molecule has 1 amide bonds. The van der Waals surface area contributed by atoms with Gasteiger partial charge in [-0.05, 0) is 31.2 Å². The second-order valence-electron chi connectivity index (χ2n) is 6.37. The van der Waals surface area contributed by atoms with Crippen molar-refractivity contribution in [1.82, 2.24) is 5.32 Å². The molecular weight excluding hydrogens is 310 g/mol. The van der Waals surface area contributed by atoms with E-state index in [4.69, 9.17) is 9.47 Å². The number of carbonyl (C=O) groups is 2. The zero-order valence-corrected chi connectivity index (χ0v) is 13.6. The summed E-state index contributed by atoms with van der Waals surface area (Å²) in [5, 5.41) is 12.4. The highest BCUT2D eigenvalue weighted by Crippen LogP contribution is 2.33. The van der Waals surface area contributed by atoms with Crippen LogP contribution in [0.3, 0.4) is 0 Å². The number of amides is 1. The second kappa shape index (κ2) is 7.66. The molecule has 3 rings (SSSR count). The fourth-order valence-electron chi connectivity index (χ4n) is 3.52. The van der Waals surface area contributed by atoms with Crippen molar-refractivity contribution in [3.05, 3.63) is 29.8 Å². The van der Waals surface area contributed by atoms with E-state index in [9.17, 15) is 14.7 Å². The predicted octanol–water partition coefficient (Wildman–Crippen LogP) is 1.80. The molecule has 6 nitrogen and oxygen atoms in total. The lowest BCUT2D eigenvalue weighted by Crippen LogP contribution is -2.41. The van der Waals surface area contributed by atoms with Crippen LogP contribution < -0.4 is 10.1 Å². The Labute approximate surface area is 141 Å². The number of nitrogens with one attached hydrogen (secondary N) is 1. The van der Waals surface area contributed by atoms with E-state index in [1.165, 1.54) is 0 Å². The third kappa shape index (κ3) is 3.70. The Balaban J connectivity index is 1.63. The molecule has 1 aromatic rings. The summed E-state index contributed by atoms with van der Waals surface area (Å²) in [5.41, 5.74) is 0.874. The summed E-state index contributed by atoms with van der Waals surface area (Å²) in [5.74, 6) is -1.02. The van der Waals surface area contributed by atoms with Crippen molar-refractivity contribution in [1.29, 1.82) is 0 Å². The number of benzene rings is 1. The average molecular weight is 333 g/mol. The van der Waals surface area contributed by atoms with E-state index in [1.54, 1.807) is 0 Å². The van der Waals surface area contributed by atoms with Gasteiger partial charge in [0.1, 0.15) is 5.75 Å². The van der Waals surface area contributed by atoms with Crippen LogP contribution in [-0.2, 0) is 14.3 Å². The monoisotopic (exact) mass is 333 g/mol. The van der Waals surface area contributed by atoms with E-state index in [-0.39, 0.29) is 24.3 Å². The van der Waals surface area contributed by atoms with Gasteiger partial charge in [-0.15, -0.1) is 0 Å². The molecule has 0 spiro atoms. The summed E-state index contributed by atoms with van der Waals surface area (Å²) in [7, 11) is 0. The molecule has 1 saturated heterocycles. The number of hydrogen-bond donors (Lipinski definition) is 2. The number of carbonyl (C=O) groups excluding carboxylic acids is 1. The molecule has 6 heteroatoms. The van der Waals surface area contributed by atoms with Gasteiger partial charge in [-0.2, -0.15) is 0 Å². The van der Waals surface area contributed by atoms with Gasteiger partial charge in [0.2, 0.25) is 5.91 Å². The molecule has 2 N–H and O–H groups in total. The van der Waals surface area contributed by atoms with E-state index < -0.39 is 11.9 Å². The molecule has 0 radical (unpaired) electrons. The molecule has 130 valence electrons. The van der Waals surface area contributed by atoms with Crippen LogP contribution in [0.2, 0.25) is 0 Å². The van der Waals surface area contributed by atoms with Gasteiger partial charge in [-0.25, -0.2) is 0 Å². The van der Waals surface area contributed by atoms with Crippen LogP contribution in [0.15, 0.2) is 24.3 Å². The Morgan fingerprint density at radius 3 is 2.67 bits per heavy atom. The van der Waals surface area contributed by atoms with Crippen LogP contribution in [-0.4, -0.2) is 43.3 Å². The Hall–Kier alpha value is -2.08. The maximum absolute atomic E-state index is 12.6. The SMILES string of the molecule is O=C(NCC(C(=O)O)C1CCOCC1)C1CCOc2ccccc21. The van der Waals surface area contributed by atoms with Crippen LogP contribution in [0.1, 0.15) is 30.7 Å². The standard InChI is InChI=1S/C18H23NO5/c20-17(14-7-10-24-16-4-2-1-3-13(14)16)19-11-15(18(21)22)12-5-8-23-9-6-12/h1-4,12,14-15H,5-11H2,(H,19,20)(H,21,22). The summed E-state index contributed by atoms with van der Waals surface area (Å²) in [6.45, 7) is 1.85. The second-order valence-corrected chi connectivity index (χ2v) is 6.37. The largest absolute Gasteiger partial charge is 0.493 e. The van der Waals surface area contributed by atoms with Gasteiger partial charge in [-0.3, -0.25) is 9.59 Å². The van der Waals surface area contributed by atoms with Gasteiger partial charge in [0.15, 0.2) is 0 Å². The predicted molar refractivity (Wildman–Crippen MR) is 87.0 cm³/mol. The maximum Gasteiger partial charge on any atom is 0.308 e. The van der Waals surface area contributed by atoms with Crippen molar-refractivity contribution in [2.45, 2.75) is 25.2 Å². The number of rotatable bonds is 5. The normalized spacial score (nSPS) is 22.1. The lowest BCUT2D eigenvalue weighted by atomic mass is 9.85. The fraction of sp³-hybridized carbons (Fsp3) is 0.556. The molecule has 0 aromatic heterocycles. The summed E-state index contributed by atoms with van der Waals surface area (Å²) in [6, 6.07) is 7.52. The maximum atomic E-state index is 12.6. The molecule has 2 aliphatic heterocycles. The van der Waals surface area contributed by atoms with Crippen molar-refractivity contribution in [3.8, 4) is 5.75 Å². The smallest absolute Gasteiger partial charge is 0.308 e. The highest BCUT2D eigenvalue weighted by atomic mass is 16.5. The van der Waals surface area contributed by atoms with Gasteiger partial charge < -0.3 is 19.9 Å². The first-order valence-electron chi connectivity index (χ1n) is 8.47. The number of fused-ring (bicyclic) bond motifs is 1. The average Bonchev–Trinajstić information content (AvgIpc) is 2.62. The van der Waals surface area contributed by atoms with E-state index >= 15 is 0 Å². The van der Waals surface area contributed by atoms with E-state index in [0.29, 0.717) is 26.2 Å². The first kappa shape index (κ1) is 16.8. The quantitative estimate of drug-likeness (QED) is 0.858.